The van der Waals surface area contributed by atoms with E-state index in [1.165, 1.54) is 12.1 Å². The Kier molecular flexibility index (Phi) is 11.0. The third-order valence-electron chi connectivity index (χ3n) is 4.45. The maximum Gasteiger partial charge on any atom is 0.328 e. The van der Waals surface area contributed by atoms with E-state index in [2.05, 4.69) is 20.5 Å². The number of hydrogen-bond donors (Lipinski definition) is 2. The van der Waals surface area contributed by atoms with E-state index in [0.717, 1.165) is 31.5 Å². The van der Waals surface area contributed by atoms with Crippen LogP contribution in [-0.2, 0) is 16.1 Å². The van der Waals surface area contributed by atoms with E-state index in [4.69, 9.17) is 4.74 Å². The molecule has 0 atom stereocenters. The zero-order valence-corrected chi connectivity index (χ0v) is 20.5. The predicted molar refractivity (Wildman–Crippen MR) is 125 cm³/mol. The van der Waals surface area contributed by atoms with E-state index < -0.39 is 17.2 Å². The quantitative estimate of drug-likeness (QED) is 0.252. The van der Waals surface area contributed by atoms with Crippen LogP contribution in [0.2, 0.25) is 0 Å². The molecule has 170 valence electrons. The Balaban J connectivity index is 0.00000450. The molecule has 1 fully saturated rings. The van der Waals surface area contributed by atoms with Crippen LogP contribution in [-0.4, -0.2) is 54.7 Å². The normalized spacial score (nSPS) is 16.0. The highest BCUT2D eigenvalue weighted by atomic mass is 127. The van der Waals surface area contributed by atoms with Gasteiger partial charge in [0.05, 0.1) is 0 Å². The van der Waals surface area contributed by atoms with E-state index in [-0.39, 0.29) is 42.5 Å². The standard InChI is InChI=1S/C21H32F2N4O2.HI/c1-5-24-20(25-13-19(28)29-21(2,3)4)26-16-8-10-27(11-9-16)14-15-6-7-17(22)18(23)12-15;/h6-7,12,16H,5,8-11,13-14H2,1-4H3,(H2,24,25,26);1H. The van der Waals surface area contributed by atoms with Gasteiger partial charge in [-0.15, -0.1) is 24.0 Å². The molecule has 30 heavy (non-hydrogen) atoms. The highest BCUT2D eigenvalue weighted by Gasteiger charge is 2.21. The molecule has 9 heteroatoms. The molecule has 0 unspecified atom stereocenters. The molecule has 6 nitrogen and oxygen atoms in total. The fourth-order valence-electron chi connectivity index (χ4n) is 3.16. The lowest BCUT2D eigenvalue weighted by Gasteiger charge is -2.33. The van der Waals surface area contributed by atoms with Crippen molar-refractivity contribution in [3.63, 3.8) is 0 Å². The number of benzene rings is 1. The van der Waals surface area contributed by atoms with Crippen LogP contribution in [0, 0.1) is 11.6 Å². The number of piperidine rings is 1. The number of nitrogens with zero attached hydrogens (tertiary/aromatic N) is 2. The number of aliphatic imine (C=N–C) groups is 1. The van der Waals surface area contributed by atoms with Gasteiger partial charge in [0.2, 0.25) is 0 Å². The largest absolute Gasteiger partial charge is 0.459 e. The second-order valence-corrected chi connectivity index (χ2v) is 8.22. The molecule has 2 N–H and O–H groups in total. The van der Waals surface area contributed by atoms with Crippen LogP contribution < -0.4 is 10.6 Å². The molecule has 2 rings (SSSR count). The lowest BCUT2D eigenvalue weighted by molar-refractivity contribution is -0.152. The Hall–Kier alpha value is -1.49. The van der Waals surface area contributed by atoms with Crippen molar-refractivity contribution in [1.82, 2.24) is 15.5 Å². The summed E-state index contributed by atoms with van der Waals surface area (Å²) in [4.78, 5) is 18.4. The van der Waals surface area contributed by atoms with Crippen LogP contribution >= 0.6 is 24.0 Å². The first-order valence-electron chi connectivity index (χ1n) is 10.1. The van der Waals surface area contributed by atoms with E-state index in [1.807, 2.05) is 27.7 Å². The van der Waals surface area contributed by atoms with Gasteiger partial charge in [0.1, 0.15) is 12.1 Å². The van der Waals surface area contributed by atoms with Gasteiger partial charge in [-0.05, 0) is 58.2 Å². The number of halogens is 3. The maximum absolute atomic E-state index is 13.4. The summed E-state index contributed by atoms with van der Waals surface area (Å²) in [5.74, 6) is -1.40. The Bertz CT molecular complexity index is 717. The van der Waals surface area contributed by atoms with Gasteiger partial charge in [0, 0.05) is 32.2 Å². The van der Waals surface area contributed by atoms with Gasteiger partial charge >= 0.3 is 5.97 Å². The summed E-state index contributed by atoms with van der Waals surface area (Å²) in [6, 6.07) is 4.28. The van der Waals surface area contributed by atoms with Crippen LogP contribution in [0.25, 0.3) is 0 Å². The van der Waals surface area contributed by atoms with Crippen molar-refractivity contribution in [2.24, 2.45) is 4.99 Å². The van der Waals surface area contributed by atoms with Gasteiger partial charge in [0.25, 0.3) is 0 Å². The number of likely N-dealkylation sites (tertiary alicyclic amines) is 1. The van der Waals surface area contributed by atoms with E-state index in [9.17, 15) is 13.6 Å². The number of guanidine groups is 1. The number of rotatable bonds is 6. The molecule has 1 aliphatic heterocycles. The smallest absolute Gasteiger partial charge is 0.328 e. The summed E-state index contributed by atoms with van der Waals surface area (Å²) in [5.41, 5.74) is 0.237. The Morgan fingerprint density at radius 2 is 1.90 bits per heavy atom. The minimum atomic E-state index is -0.821. The minimum Gasteiger partial charge on any atom is -0.459 e. The number of esters is 1. The molecule has 0 spiro atoms. The molecule has 0 amide bonds. The SMILES string of the molecule is CCNC(=NCC(=O)OC(C)(C)C)NC1CCN(Cc2ccc(F)c(F)c2)CC1.I. The van der Waals surface area contributed by atoms with Crippen molar-refractivity contribution < 1.29 is 18.3 Å². The number of hydrogen-bond acceptors (Lipinski definition) is 4. The Morgan fingerprint density at radius 1 is 1.23 bits per heavy atom. The highest BCUT2D eigenvalue weighted by Crippen LogP contribution is 2.16. The van der Waals surface area contributed by atoms with Crippen LogP contribution in [0.15, 0.2) is 23.2 Å². The highest BCUT2D eigenvalue weighted by molar-refractivity contribution is 14.0. The zero-order valence-electron chi connectivity index (χ0n) is 18.1. The topological polar surface area (TPSA) is 66.0 Å². The number of ether oxygens (including phenoxy) is 1. The molecule has 1 aromatic carbocycles. The lowest BCUT2D eigenvalue weighted by atomic mass is 10.0. The molecule has 0 bridgehead atoms. The number of carbonyl (C=O) groups is 1. The average Bonchev–Trinajstić information content (AvgIpc) is 2.63. The Morgan fingerprint density at radius 3 is 2.47 bits per heavy atom. The van der Waals surface area contributed by atoms with Crippen LogP contribution in [0.5, 0.6) is 0 Å². The Labute approximate surface area is 194 Å². The first-order valence-corrected chi connectivity index (χ1v) is 10.1. The monoisotopic (exact) mass is 538 g/mol. The first kappa shape index (κ1) is 26.5. The summed E-state index contributed by atoms with van der Waals surface area (Å²) in [6.45, 7) is 10.4. The van der Waals surface area contributed by atoms with Crippen molar-refractivity contribution in [3.05, 3.63) is 35.4 Å². The van der Waals surface area contributed by atoms with Crippen molar-refractivity contribution in [2.45, 2.75) is 58.7 Å². The minimum absolute atomic E-state index is 0. The summed E-state index contributed by atoms with van der Waals surface area (Å²) in [7, 11) is 0. The molecule has 0 aromatic heterocycles. The average molecular weight is 538 g/mol. The molecular weight excluding hydrogens is 505 g/mol. The van der Waals surface area contributed by atoms with Gasteiger partial charge in [-0.1, -0.05) is 6.07 Å². The van der Waals surface area contributed by atoms with E-state index in [0.29, 0.717) is 19.0 Å². The van der Waals surface area contributed by atoms with Gasteiger partial charge < -0.3 is 15.4 Å². The summed E-state index contributed by atoms with van der Waals surface area (Å²) in [6.07, 6.45) is 1.78. The summed E-state index contributed by atoms with van der Waals surface area (Å²) in [5, 5.41) is 6.52. The first-order chi connectivity index (χ1) is 13.7. The molecule has 0 saturated carbocycles. The molecule has 1 saturated heterocycles. The van der Waals surface area contributed by atoms with E-state index in [1.54, 1.807) is 6.07 Å². The lowest BCUT2D eigenvalue weighted by Crippen LogP contribution is -2.48. The fourth-order valence-corrected chi connectivity index (χ4v) is 3.16. The maximum atomic E-state index is 13.4. The second-order valence-electron chi connectivity index (χ2n) is 8.22. The van der Waals surface area contributed by atoms with Crippen molar-refractivity contribution >= 4 is 35.9 Å². The van der Waals surface area contributed by atoms with Crippen molar-refractivity contribution in [1.29, 1.82) is 0 Å². The number of nitrogens with one attached hydrogen (secondary N) is 2. The molecule has 1 aliphatic rings. The predicted octanol–water partition coefficient (Wildman–Crippen LogP) is 3.44. The van der Waals surface area contributed by atoms with Gasteiger partial charge in [-0.2, -0.15) is 0 Å². The molecule has 0 aliphatic carbocycles. The van der Waals surface area contributed by atoms with Crippen LogP contribution in [0.3, 0.4) is 0 Å². The summed E-state index contributed by atoms with van der Waals surface area (Å²) < 4.78 is 31.7. The van der Waals surface area contributed by atoms with Gasteiger partial charge in [-0.3, -0.25) is 9.69 Å². The van der Waals surface area contributed by atoms with Gasteiger partial charge in [0.15, 0.2) is 17.6 Å². The molecule has 1 aromatic rings. The van der Waals surface area contributed by atoms with Crippen molar-refractivity contribution in [3.8, 4) is 0 Å². The van der Waals surface area contributed by atoms with Crippen LogP contribution in [0.1, 0.15) is 46.1 Å². The fraction of sp³-hybridized carbons (Fsp3) is 0.619. The van der Waals surface area contributed by atoms with E-state index >= 15 is 0 Å². The molecule has 1 heterocycles. The third-order valence-corrected chi connectivity index (χ3v) is 4.45. The van der Waals surface area contributed by atoms with Crippen molar-refractivity contribution in [2.75, 3.05) is 26.2 Å². The number of carbonyl (C=O) groups excluding carboxylic acids is 1. The zero-order chi connectivity index (χ0) is 21.4. The molecular formula is C21H33F2IN4O2. The third kappa shape index (κ3) is 9.55. The second kappa shape index (κ2) is 12.4. The molecule has 0 radical (unpaired) electrons. The van der Waals surface area contributed by atoms with Gasteiger partial charge in [-0.25, -0.2) is 13.8 Å². The van der Waals surface area contributed by atoms with Crippen LogP contribution in [0.4, 0.5) is 8.78 Å². The summed E-state index contributed by atoms with van der Waals surface area (Å²) >= 11 is 0.